The number of nitrogens with zero attached hydrogens (tertiary/aromatic N) is 2. The van der Waals surface area contributed by atoms with Gasteiger partial charge in [-0.15, -0.1) is 11.3 Å². The van der Waals surface area contributed by atoms with Gasteiger partial charge >= 0.3 is 0 Å². The van der Waals surface area contributed by atoms with Gasteiger partial charge in [0.15, 0.2) is 0 Å². The quantitative estimate of drug-likeness (QED) is 0.815. The van der Waals surface area contributed by atoms with Crippen LogP contribution in [0.5, 0.6) is 0 Å². The zero-order chi connectivity index (χ0) is 10.5. The number of hydrogen-bond acceptors (Lipinski definition) is 4. The molecule has 2 aliphatic heterocycles. The standard InChI is InChI=1S/C11H17N3S/c1-8-10(13-9(2)15-8)3-14-6-11(7-14)4-12-5-11/h12H,3-7H2,1-2H3. The van der Waals surface area contributed by atoms with E-state index < -0.39 is 0 Å². The Morgan fingerprint density at radius 3 is 2.60 bits per heavy atom. The van der Waals surface area contributed by atoms with E-state index in [4.69, 9.17) is 0 Å². The van der Waals surface area contributed by atoms with Crippen LogP contribution in [0.2, 0.25) is 0 Å². The SMILES string of the molecule is Cc1nc(CN2CC3(CNC3)C2)c(C)s1. The average Bonchev–Trinajstić information content (AvgIpc) is 2.33. The van der Waals surface area contributed by atoms with Crippen molar-refractivity contribution in [3.63, 3.8) is 0 Å². The fraction of sp³-hybridized carbons (Fsp3) is 0.727. The van der Waals surface area contributed by atoms with E-state index in [2.05, 4.69) is 29.0 Å². The third-order valence-electron chi connectivity index (χ3n) is 3.49. The molecule has 2 saturated heterocycles. The molecule has 4 heteroatoms. The Morgan fingerprint density at radius 1 is 1.40 bits per heavy atom. The molecule has 3 heterocycles. The highest BCUT2D eigenvalue weighted by molar-refractivity contribution is 7.11. The lowest BCUT2D eigenvalue weighted by molar-refractivity contribution is -0.0450. The number of rotatable bonds is 2. The first-order valence-electron chi connectivity index (χ1n) is 5.53. The first-order valence-corrected chi connectivity index (χ1v) is 6.35. The Morgan fingerprint density at radius 2 is 2.13 bits per heavy atom. The summed E-state index contributed by atoms with van der Waals surface area (Å²) in [5.74, 6) is 0. The largest absolute Gasteiger partial charge is 0.315 e. The third kappa shape index (κ3) is 1.61. The second-order valence-corrected chi connectivity index (χ2v) is 6.39. The van der Waals surface area contributed by atoms with Gasteiger partial charge in [0.25, 0.3) is 0 Å². The van der Waals surface area contributed by atoms with E-state index in [9.17, 15) is 0 Å². The van der Waals surface area contributed by atoms with Gasteiger partial charge < -0.3 is 5.32 Å². The number of nitrogens with one attached hydrogen (secondary N) is 1. The number of hydrogen-bond donors (Lipinski definition) is 1. The fourth-order valence-electron chi connectivity index (χ4n) is 2.65. The van der Waals surface area contributed by atoms with Gasteiger partial charge in [0.2, 0.25) is 0 Å². The van der Waals surface area contributed by atoms with E-state index in [0.717, 1.165) is 6.54 Å². The molecule has 0 atom stereocenters. The first-order chi connectivity index (χ1) is 7.17. The maximum absolute atomic E-state index is 4.58. The van der Waals surface area contributed by atoms with Gasteiger partial charge in [-0.1, -0.05) is 0 Å². The molecule has 15 heavy (non-hydrogen) atoms. The summed E-state index contributed by atoms with van der Waals surface area (Å²) in [5, 5.41) is 4.56. The van der Waals surface area contributed by atoms with Crippen LogP contribution in [0.15, 0.2) is 0 Å². The summed E-state index contributed by atoms with van der Waals surface area (Å²) in [6.45, 7) is 10.3. The predicted octanol–water partition coefficient (Wildman–Crippen LogP) is 1.17. The van der Waals surface area contributed by atoms with Crippen molar-refractivity contribution in [2.24, 2.45) is 5.41 Å². The number of likely N-dealkylation sites (tertiary alicyclic amines) is 1. The van der Waals surface area contributed by atoms with Crippen LogP contribution in [0.1, 0.15) is 15.6 Å². The van der Waals surface area contributed by atoms with Crippen molar-refractivity contribution in [1.82, 2.24) is 15.2 Å². The summed E-state index contributed by atoms with van der Waals surface area (Å²) in [5.41, 5.74) is 1.93. The van der Waals surface area contributed by atoms with Crippen molar-refractivity contribution in [2.45, 2.75) is 20.4 Å². The molecule has 0 radical (unpaired) electrons. The molecule has 0 bridgehead atoms. The van der Waals surface area contributed by atoms with Crippen LogP contribution in [0.4, 0.5) is 0 Å². The Bertz CT molecular complexity index is 373. The molecule has 0 saturated carbocycles. The molecule has 0 aromatic carbocycles. The van der Waals surface area contributed by atoms with Crippen molar-refractivity contribution in [2.75, 3.05) is 26.2 Å². The van der Waals surface area contributed by atoms with E-state index in [1.54, 1.807) is 0 Å². The lowest BCUT2D eigenvalue weighted by Gasteiger charge is -2.56. The first kappa shape index (κ1) is 9.75. The minimum atomic E-state index is 0.638. The maximum atomic E-state index is 4.58. The molecule has 0 unspecified atom stereocenters. The zero-order valence-corrected chi connectivity index (χ0v) is 10.2. The second kappa shape index (κ2) is 3.27. The van der Waals surface area contributed by atoms with Crippen LogP contribution in [-0.2, 0) is 6.54 Å². The molecule has 82 valence electrons. The number of thiazole rings is 1. The normalized spacial score (nSPS) is 23.9. The van der Waals surface area contributed by atoms with E-state index in [1.807, 2.05) is 11.3 Å². The minimum absolute atomic E-state index is 0.638. The van der Waals surface area contributed by atoms with Gasteiger partial charge in [-0.2, -0.15) is 0 Å². The summed E-state index contributed by atoms with van der Waals surface area (Å²) >= 11 is 1.82. The van der Waals surface area contributed by atoms with Crippen molar-refractivity contribution in [3.05, 3.63) is 15.6 Å². The highest BCUT2D eigenvalue weighted by atomic mass is 32.1. The zero-order valence-electron chi connectivity index (χ0n) is 9.34. The molecule has 0 amide bonds. The van der Waals surface area contributed by atoms with Crippen LogP contribution in [0.25, 0.3) is 0 Å². The van der Waals surface area contributed by atoms with E-state index in [-0.39, 0.29) is 0 Å². The topological polar surface area (TPSA) is 28.2 Å². The van der Waals surface area contributed by atoms with E-state index >= 15 is 0 Å². The van der Waals surface area contributed by atoms with Gasteiger partial charge in [-0.3, -0.25) is 4.90 Å². The third-order valence-corrected chi connectivity index (χ3v) is 4.42. The Labute approximate surface area is 94.5 Å². The summed E-state index contributed by atoms with van der Waals surface area (Å²) in [4.78, 5) is 8.49. The molecule has 2 fully saturated rings. The van der Waals surface area contributed by atoms with Crippen LogP contribution in [0, 0.1) is 19.3 Å². The Hall–Kier alpha value is -0.450. The highest BCUT2D eigenvalue weighted by Crippen LogP contribution is 2.35. The molecule has 1 N–H and O–H groups in total. The van der Waals surface area contributed by atoms with Gasteiger partial charge in [0.05, 0.1) is 10.7 Å². The van der Waals surface area contributed by atoms with Gasteiger partial charge in [0.1, 0.15) is 0 Å². The maximum Gasteiger partial charge on any atom is 0.0900 e. The average molecular weight is 223 g/mol. The molecule has 3 rings (SSSR count). The molecular weight excluding hydrogens is 206 g/mol. The molecule has 1 spiro atoms. The summed E-state index contributed by atoms with van der Waals surface area (Å²) in [7, 11) is 0. The number of aryl methyl sites for hydroxylation is 2. The summed E-state index contributed by atoms with van der Waals surface area (Å²) in [6.07, 6.45) is 0. The molecule has 1 aromatic rings. The summed E-state index contributed by atoms with van der Waals surface area (Å²) < 4.78 is 0. The molecule has 3 nitrogen and oxygen atoms in total. The van der Waals surface area contributed by atoms with Crippen LogP contribution in [0.3, 0.4) is 0 Å². The van der Waals surface area contributed by atoms with Crippen molar-refractivity contribution in [3.8, 4) is 0 Å². The van der Waals surface area contributed by atoms with Gasteiger partial charge in [-0.05, 0) is 13.8 Å². The molecular formula is C11H17N3S. The fourth-order valence-corrected chi connectivity index (χ4v) is 3.47. The lowest BCUT2D eigenvalue weighted by atomic mass is 9.74. The van der Waals surface area contributed by atoms with E-state index in [1.165, 1.54) is 41.8 Å². The van der Waals surface area contributed by atoms with Crippen molar-refractivity contribution >= 4 is 11.3 Å². The predicted molar refractivity (Wildman–Crippen MR) is 62.2 cm³/mol. The molecule has 2 aliphatic rings. The second-order valence-electron chi connectivity index (χ2n) is 4.98. The number of aromatic nitrogens is 1. The molecule has 1 aromatic heterocycles. The smallest absolute Gasteiger partial charge is 0.0900 e. The monoisotopic (exact) mass is 223 g/mol. The summed E-state index contributed by atoms with van der Waals surface area (Å²) in [6, 6.07) is 0. The van der Waals surface area contributed by atoms with Crippen LogP contribution in [-0.4, -0.2) is 36.1 Å². The minimum Gasteiger partial charge on any atom is -0.315 e. The van der Waals surface area contributed by atoms with Crippen molar-refractivity contribution < 1.29 is 0 Å². The van der Waals surface area contributed by atoms with Crippen LogP contribution < -0.4 is 5.32 Å². The highest BCUT2D eigenvalue weighted by Gasteiger charge is 2.47. The van der Waals surface area contributed by atoms with Crippen molar-refractivity contribution in [1.29, 1.82) is 0 Å². The Kier molecular flexibility index (Phi) is 2.13. The lowest BCUT2D eigenvalue weighted by Crippen LogP contribution is -2.70. The van der Waals surface area contributed by atoms with Crippen LogP contribution >= 0.6 is 11.3 Å². The van der Waals surface area contributed by atoms with E-state index in [0.29, 0.717) is 5.41 Å². The Balaban J connectivity index is 1.60. The van der Waals surface area contributed by atoms with Gasteiger partial charge in [0, 0.05) is 43.0 Å². The molecule has 0 aliphatic carbocycles. The van der Waals surface area contributed by atoms with Gasteiger partial charge in [-0.25, -0.2) is 4.98 Å².